The van der Waals surface area contributed by atoms with Gasteiger partial charge >= 0.3 is 6.01 Å². The molecule has 2 heterocycles. The van der Waals surface area contributed by atoms with Gasteiger partial charge in [0, 0.05) is 26.1 Å². The van der Waals surface area contributed by atoms with Crippen LogP contribution in [0.25, 0.3) is 0 Å². The Morgan fingerprint density at radius 1 is 1.50 bits per heavy atom. The maximum atomic E-state index is 5.43. The SMILES string of the molecule is CN(CC1CCCOC1)c1nnc(CN)o1. The van der Waals surface area contributed by atoms with Crippen molar-refractivity contribution >= 4 is 6.01 Å². The minimum atomic E-state index is 0.285. The number of nitrogens with zero attached hydrogens (tertiary/aromatic N) is 3. The maximum Gasteiger partial charge on any atom is 0.317 e. The highest BCUT2D eigenvalue weighted by Gasteiger charge is 2.18. The van der Waals surface area contributed by atoms with Gasteiger partial charge in [0.15, 0.2) is 0 Å². The van der Waals surface area contributed by atoms with Crippen molar-refractivity contribution in [1.29, 1.82) is 0 Å². The van der Waals surface area contributed by atoms with E-state index in [4.69, 9.17) is 14.9 Å². The number of hydrogen-bond acceptors (Lipinski definition) is 6. The number of aromatic nitrogens is 2. The molecule has 1 aromatic heterocycles. The number of anilines is 1. The Balaban J connectivity index is 1.88. The summed E-state index contributed by atoms with van der Waals surface area (Å²) < 4.78 is 10.8. The van der Waals surface area contributed by atoms with Gasteiger partial charge in [-0.05, 0) is 12.8 Å². The van der Waals surface area contributed by atoms with Crippen molar-refractivity contribution in [1.82, 2.24) is 10.2 Å². The van der Waals surface area contributed by atoms with E-state index in [2.05, 4.69) is 10.2 Å². The molecule has 2 rings (SSSR count). The molecule has 0 spiro atoms. The molecule has 1 aliphatic heterocycles. The first-order chi connectivity index (χ1) is 7.79. The first-order valence-corrected chi connectivity index (χ1v) is 5.61. The van der Waals surface area contributed by atoms with Gasteiger partial charge in [0.05, 0.1) is 13.2 Å². The lowest BCUT2D eigenvalue weighted by atomic mass is 10.0. The Hall–Kier alpha value is -1.14. The third-order valence-electron chi connectivity index (χ3n) is 2.74. The summed E-state index contributed by atoms with van der Waals surface area (Å²) in [6.07, 6.45) is 2.33. The summed E-state index contributed by atoms with van der Waals surface area (Å²) in [5.41, 5.74) is 5.41. The molecule has 1 atom stereocenters. The van der Waals surface area contributed by atoms with E-state index in [0.29, 0.717) is 17.8 Å². The minimum Gasteiger partial charge on any atom is -0.407 e. The van der Waals surface area contributed by atoms with Crippen molar-refractivity contribution in [3.63, 3.8) is 0 Å². The van der Waals surface area contributed by atoms with Gasteiger partial charge in [-0.3, -0.25) is 0 Å². The van der Waals surface area contributed by atoms with Crippen molar-refractivity contribution in [3.05, 3.63) is 5.89 Å². The monoisotopic (exact) mass is 226 g/mol. The molecular weight excluding hydrogens is 208 g/mol. The first kappa shape index (κ1) is 11.3. The smallest absolute Gasteiger partial charge is 0.317 e. The van der Waals surface area contributed by atoms with Crippen LogP contribution in [0.1, 0.15) is 18.7 Å². The third-order valence-corrected chi connectivity index (χ3v) is 2.74. The van der Waals surface area contributed by atoms with Crippen LogP contribution in [-0.4, -0.2) is 37.0 Å². The molecule has 16 heavy (non-hydrogen) atoms. The summed E-state index contributed by atoms with van der Waals surface area (Å²) in [7, 11) is 1.95. The van der Waals surface area contributed by atoms with Crippen LogP contribution in [0.2, 0.25) is 0 Å². The van der Waals surface area contributed by atoms with Gasteiger partial charge in [0.25, 0.3) is 0 Å². The fraction of sp³-hybridized carbons (Fsp3) is 0.800. The topological polar surface area (TPSA) is 77.4 Å². The van der Waals surface area contributed by atoms with Gasteiger partial charge < -0.3 is 19.8 Å². The van der Waals surface area contributed by atoms with E-state index in [0.717, 1.165) is 26.2 Å². The summed E-state index contributed by atoms with van der Waals surface area (Å²) in [4.78, 5) is 1.96. The molecule has 1 saturated heterocycles. The number of hydrogen-bond donors (Lipinski definition) is 1. The van der Waals surface area contributed by atoms with Crippen molar-refractivity contribution in [2.45, 2.75) is 19.4 Å². The van der Waals surface area contributed by atoms with Crippen molar-refractivity contribution in [2.75, 3.05) is 31.7 Å². The lowest BCUT2D eigenvalue weighted by Gasteiger charge is -2.25. The molecule has 0 bridgehead atoms. The average Bonchev–Trinajstić information content (AvgIpc) is 2.79. The van der Waals surface area contributed by atoms with E-state index in [-0.39, 0.29) is 6.54 Å². The molecule has 90 valence electrons. The number of ether oxygens (including phenoxy) is 1. The fourth-order valence-electron chi connectivity index (χ4n) is 1.90. The third kappa shape index (κ3) is 2.70. The predicted octanol–water partition coefficient (Wildman–Crippen LogP) is 0.391. The Morgan fingerprint density at radius 3 is 3.00 bits per heavy atom. The van der Waals surface area contributed by atoms with Gasteiger partial charge in [0.2, 0.25) is 5.89 Å². The molecule has 1 aliphatic rings. The molecule has 1 unspecified atom stereocenters. The Bertz CT molecular complexity index is 322. The van der Waals surface area contributed by atoms with E-state index >= 15 is 0 Å². The van der Waals surface area contributed by atoms with Crippen LogP contribution < -0.4 is 10.6 Å². The Morgan fingerprint density at radius 2 is 2.38 bits per heavy atom. The summed E-state index contributed by atoms with van der Waals surface area (Å²) in [6.45, 7) is 2.87. The largest absolute Gasteiger partial charge is 0.407 e. The molecule has 6 nitrogen and oxygen atoms in total. The summed E-state index contributed by atoms with van der Waals surface area (Å²) in [5, 5.41) is 7.78. The van der Waals surface area contributed by atoms with Crippen LogP contribution in [0.5, 0.6) is 0 Å². The average molecular weight is 226 g/mol. The van der Waals surface area contributed by atoms with E-state index in [1.807, 2.05) is 11.9 Å². The Labute approximate surface area is 94.8 Å². The molecule has 2 N–H and O–H groups in total. The second-order valence-corrected chi connectivity index (χ2v) is 4.15. The predicted molar refractivity (Wildman–Crippen MR) is 59.0 cm³/mol. The maximum absolute atomic E-state index is 5.43. The Kier molecular flexibility index (Phi) is 3.74. The van der Waals surface area contributed by atoms with Crippen LogP contribution in [-0.2, 0) is 11.3 Å². The van der Waals surface area contributed by atoms with E-state index < -0.39 is 0 Å². The molecule has 1 fully saturated rings. The van der Waals surface area contributed by atoms with Crippen molar-refractivity contribution in [2.24, 2.45) is 11.7 Å². The van der Waals surface area contributed by atoms with Gasteiger partial charge in [-0.1, -0.05) is 5.10 Å². The quantitative estimate of drug-likeness (QED) is 0.800. The lowest BCUT2D eigenvalue weighted by molar-refractivity contribution is 0.0573. The standard InChI is InChI=1S/C10H18N4O2/c1-14(6-8-3-2-4-15-7-8)10-13-12-9(5-11)16-10/h8H,2-7,11H2,1H3. The summed E-state index contributed by atoms with van der Waals surface area (Å²) >= 11 is 0. The second kappa shape index (κ2) is 5.27. The van der Waals surface area contributed by atoms with E-state index in [1.165, 1.54) is 6.42 Å². The lowest BCUT2D eigenvalue weighted by Crippen LogP contribution is -2.31. The number of rotatable bonds is 4. The highest BCUT2D eigenvalue weighted by Crippen LogP contribution is 2.17. The highest BCUT2D eigenvalue weighted by atomic mass is 16.5. The molecule has 0 saturated carbocycles. The molecule has 0 aromatic carbocycles. The van der Waals surface area contributed by atoms with Gasteiger partial charge in [-0.25, -0.2) is 0 Å². The van der Waals surface area contributed by atoms with E-state index in [9.17, 15) is 0 Å². The van der Waals surface area contributed by atoms with Crippen LogP contribution in [0.15, 0.2) is 4.42 Å². The van der Waals surface area contributed by atoms with Crippen molar-refractivity contribution in [3.8, 4) is 0 Å². The molecule has 1 aromatic rings. The zero-order valence-corrected chi connectivity index (χ0v) is 9.56. The molecule has 0 aliphatic carbocycles. The van der Waals surface area contributed by atoms with Crippen LogP contribution in [0.4, 0.5) is 6.01 Å². The normalized spacial score (nSPS) is 21.0. The van der Waals surface area contributed by atoms with Crippen molar-refractivity contribution < 1.29 is 9.15 Å². The molecule has 0 amide bonds. The first-order valence-electron chi connectivity index (χ1n) is 5.61. The molecule has 6 heteroatoms. The zero-order chi connectivity index (χ0) is 11.4. The molecular formula is C10H18N4O2. The van der Waals surface area contributed by atoms with Gasteiger partial charge in [-0.2, -0.15) is 0 Å². The fourth-order valence-corrected chi connectivity index (χ4v) is 1.90. The van der Waals surface area contributed by atoms with Gasteiger partial charge in [-0.15, -0.1) is 5.10 Å². The van der Waals surface area contributed by atoms with Crippen LogP contribution >= 0.6 is 0 Å². The summed E-state index contributed by atoms with van der Waals surface area (Å²) in [6, 6.07) is 0.533. The zero-order valence-electron chi connectivity index (χ0n) is 9.56. The van der Waals surface area contributed by atoms with Crippen LogP contribution in [0, 0.1) is 5.92 Å². The minimum absolute atomic E-state index is 0.285. The number of nitrogens with two attached hydrogens (primary N) is 1. The van der Waals surface area contributed by atoms with E-state index in [1.54, 1.807) is 0 Å². The van der Waals surface area contributed by atoms with Crippen LogP contribution in [0.3, 0.4) is 0 Å². The highest BCUT2D eigenvalue weighted by molar-refractivity contribution is 5.21. The molecule has 0 radical (unpaired) electrons. The second-order valence-electron chi connectivity index (χ2n) is 4.15. The summed E-state index contributed by atoms with van der Waals surface area (Å²) in [5.74, 6) is 1.02. The van der Waals surface area contributed by atoms with Gasteiger partial charge in [0.1, 0.15) is 0 Å².